The fraction of sp³-hybridized carbons (Fsp3) is 0.233. The Hall–Kier alpha value is -4.37. The molecule has 3 amide bonds. The molecule has 0 saturated carbocycles. The average Bonchev–Trinajstić information content (AvgIpc) is 3.05. The molecule has 0 spiro atoms. The van der Waals surface area contributed by atoms with Crippen LogP contribution < -0.4 is 10.6 Å². The van der Waals surface area contributed by atoms with Gasteiger partial charge in [0, 0.05) is 19.5 Å². The van der Waals surface area contributed by atoms with Crippen molar-refractivity contribution in [3.05, 3.63) is 113 Å². The van der Waals surface area contributed by atoms with Gasteiger partial charge in [-0.1, -0.05) is 66.7 Å². The Balaban J connectivity index is 1.51. The summed E-state index contributed by atoms with van der Waals surface area (Å²) in [4.78, 5) is 40.7. The standard InChI is InChI=1S/C30H29F2N3O4/c1-18(33-29(38)27(36)22-13-23(31)17-24(32)14-22)28(37)34-25-15-21(19-9-5-3-6-10-19)16-26(35(2)30(25)39)20-11-7-4-8-12-20/h3-14,16-18,25-27,36H,15H2,1-2H3,(H,33,38)(H,34,37)/t18-,25-,26-,27-/m0/s1. The molecule has 3 aromatic rings. The number of hydrogen-bond acceptors (Lipinski definition) is 4. The number of carbonyl (C=O) groups excluding carboxylic acids is 3. The third-order valence-electron chi connectivity index (χ3n) is 6.65. The Morgan fingerprint density at radius 3 is 2.15 bits per heavy atom. The van der Waals surface area contributed by atoms with E-state index in [9.17, 15) is 28.3 Å². The molecule has 4 atom stereocenters. The van der Waals surface area contributed by atoms with Gasteiger partial charge in [0.1, 0.15) is 23.7 Å². The van der Waals surface area contributed by atoms with Gasteiger partial charge in [0.05, 0.1) is 6.04 Å². The summed E-state index contributed by atoms with van der Waals surface area (Å²) in [6, 6.07) is 18.9. The number of aliphatic hydroxyl groups is 1. The van der Waals surface area contributed by atoms with E-state index in [1.54, 1.807) is 11.9 Å². The van der Waals surface area contributed by atoms with Crippen molar-refractivity contribution >= 4 is 23.3 Å². The number of nitrogens with one attached hydrogen (secondary N) is 2. The largest absolute Gasteiger partial charge is 0.378 e. The van der Waals surface area contributed by atoms with Crippen molar-refractivity contribution in [2.24, 2.45) is 0 Å². The highest BCUT2D eigenvalue weighted by Crippen LogP contribution is 2.32. The van der Waals surface area contributed by atoms with Crippen LogP contribution in [-0.2, 0) is 14.4 Å². The summed E-state index contributed by atoms with van der Waals surface area (Å²) in [7, 11) is 1.67. The highest BCUT2D eigenvalue weighted by Gasteiger charge is 2.34. The number of nitrogens with zero attached hydrogens (tertiary/aromatic N) is 1. The van der Waals surface area contributed by atoms with E-state index in [-0.39, 0.29) is 23.9 Å². The van der Waals surface area contributed by atoms with Gasteiger partial charge in [-0.15, -0.1) is 0 Å². The van der Waals surface area contributed by atoms with Crippen molar-refractivity contribution in [1.29, 1.82) is 0 Å². The minimum Gasteiger partial charge on any atom is -0.378 e. The molecule has 1 aliphatic heterocycles. The van der Waals surface area contributed by atoms with Gasteiger partial charge >= 0.3 is 0 Å². The molecule has 0 saturated heterocycles. The van der Waals surface area contributed by atoms with Gasteiger partial charge in [-0.2, -0.15) is 0 Å². The topological polar surface area (TPSA) is 98.7 Å². The smallest absolute Gasteiger partial charge is 0.254 e. The van der Waals surface area contributed by atoms with Crippen LogP contribution in [0.4, 0.5) is 8.78 Å². The number of benzene rings is 3. The number of carbonyl (C=O) groups is 3. The Labute approximate surface area is 225 Å². The maximum Gasteiger partial charge on any atom is 0.254 e. The first-order chi connectivity index (χ1) is 18.6. The SMILES string of the molecule is C[C@H](NC(=O)[C@@H](O)c1cc(F)cc(F)c1)C(=O)N[C@H]1CC(c2ccccc2)=C[C@@H](c2ccccc2)N(C)C1=O. The van der Waals surface area contributed by atoms with Crippen molar-refractivity contribution in [2.45, 2.75) is 37.6 Å². The van der Waals surface area contributed by atoms with Crippen LogP contribution in [0.25, 0.3) is 5.57 Å². The van der Waals surface area contributed by atoms with Gasteiger partial charge in [-0.3, -0.25) is 14.4 Å². The lowest BCUT2D eigenvalue weighted by molar-refractivity contribution is -0.137. The Bertz CT molecular complexity index is 1360. The van der Waals surface area contributed by atoms with Crippen LogP contribution >= 0.6 is 0 Å². The molecule has 0 aromatic heterocycles. The minimum atomic E-state index is -1.89. The van der Waals surface area contributed by atoms with Gasteiger partial charge in [0.25, 0.3) is 5.91 Å². The Morgan fingerprint density at radius 1 is 0.949 bits per heavy atom. The zero-order valence-electron chi connectivity index (χ0n) is 21.5. The summed E-state index contributed by atoms with van der Waals surface area (Å²) in [5.74, 6) is -3.88. The molecule has 4 rings (SSSR count). The molecule has 0 fully saturated rings. The average molecular weight is 534 g/mol. The number of amides is 3. The summed E-state index contributed by atoms with van der Waals surface area (Å²) in [5.41, 5.74) is 2.40. The van der Waals surface area contributed by atoms with Crippen LogP contribution in [0.3, 0.4) is 0 Å². The van der Waals surface area contributed by atoms with Gasteiger partial charge in [-0.25, -0.2) is 8.78 Å². The highest BCUT2D eigenvalue weighted by atomic mass is 19.1. The number of likely N-dealkylation sites (N-methyl/N-ethyl adjacent to an activating group) is 1. The number of rotatable bonds is 7. The lowest BCUT2D eigenvalue weighted by Gasteiger charge is -2.28. The summed E-state index contributed by atoms with van der Waals surface area (Å²) in [6.45, 7) is 1.39. The normalized spacial score (nSPS) is 18.9. The Morgan fingerprint density at radius 2 is 1.54 bits per heavy atom. The van der Waals surface area contributed by atoms with Crippen LogP contribution in [-0.4, -0.2) is 46.9 Å². The molecule has 202 valence electrons. The fourth-order valence-corrected chi connectivity index (χ4v) is 4.55. The molecular weight excluding hydrogens is 504 g/mol. The molecule has 0 unspecified atom stereocenters. The lowest BCUT2D eigenvalue weighted by Crippen LogP contribution is -2.53. The maximum atomic E-state index is 13.5. The molecule has 3 aromatic carbocycles. The number of aliphatic hydroxyl groups excluding tert-OH is 1. The van der Waals surface area contributed by atoms with Gasteiger partial charge in [-0.05, 0) is 41.3 Å². The molecule has 39 heavy (non-hydrogen) atoms. The van der Waals surface area contributed by atoms with E-state index >= 15 is 0 Å². The molecule has 0 aliphatic carbocycles. The Kier molecular flexibility index (Phi) is 8.51. The molecule has 0 radical (unpaired) electrons. The number of halogens is 2. The van der Waals surface area contributed by atoms with E-state index in [0.29, 0.717) is 6.07 Å². The second kappa shape index (κ2) is 12.0. The molecule has 1 aliphatic rings. The highest BCUT2D eigenvalue weighted by molar-refractivity contribution is 5.94. The molecule has 1 heterocycles. The molecule has 0 bridgehead atoms. The predicted octanol–water partition coefficient (Wildman–Crippen LogP) is 3.67. The van der Waals surface area contributed by atoms with Crippen molar-refractivity contribution in [1.82, 2.24) is 15.5 Å². The first-order valence-electron chi connectivity index (χ1n) is 12.5. The third-order valence-corrected chi connectivity index (χ3v) is 6.65. The zero-order valence-corrected chi connectivity index (χ0v) is 21.5. The van der Waals surface area contributed by atoms with Crippen LogP contribution in [0.1, 0.15) is 42.2 Å². The molecule has 9 heteroatoms. The van der Waals surface area contributed by atoms with Gasteiger partial charge < -0.3 is 20.6 Å². The van der Waals surface area contributed by atoms with Crippen LogP contribution in [0.2, 0.25) is 0 Å². The van der Waals surface area contributed by atoms with Crippen LogP contribution in [0.5, 0.6) is 0 Å². The van der Waals surface area contributed by atoms with E-state index in [1.807, 2.05) is 66.7 Å². The quantitative estimate of drug-likeness (QED) is 0.432. The lowest BCUT2D eigenvalue weighted by atomic mass is 9.96. The van der Waals surface area contributed by atoms with E-state index in [1.165, 1.54) is 6.92 Å². The number of hydrogen-bond donors (Lipinski definition) is 3. The van der Waals surface area contributed by atoms with Gasteiger partial charge in [0.2, 0.25) is 11.8 Å². The minimum absolute atomic E-state index is 0.216. The van der Waals surface area contributed by atoms with Crippen molar-refractivity contribution < 1.29 is 28.3 Å². The monoisotopic (exact) mass is 533 g/mol. The summed E-state index contributed by atoms with van der Waals surface area (Å²) < 4.78 is 27.0. The maximum absolute atomic E-state index is 13.5. The molecular formula is C30H29F2N3O4. The van der Waals surface area contributed by atoms with E-state index < -0.39 is 41.6 Å². The third kappa shape index (κ3) is 6.56. The van der Waals surface area contributed by atoms with Crippen molar-refractivity contribution in [3.8, 4) is 0 Å². The van der Waals surface area contributed by atoms with E-state index in [0.717, 1.165) is 28.8 Å². The summed E-state index contributed by atoms with van der Waals surface area (Å²) in [6.07, 6.45) is 0.332. The molecule has 3 N–H and O–H groups in total. The van der Waals surface area contributed by atoms with Crippen molar-refractivity contribution in [3.63, 3.8) is 0 Å². The van der Waals surface area contributed by atoms with E-state index in [2.05, 4.69) is 10.6 Å². The van der Waals surface area contributed by atoms with Crippen LogP contribution in [0.15, 0.2) is 84.9 Å². The second-order valence-corrected chi connectivity index (χ2v) is 9.46. The van der Waals surface area contributed by atoms with Gasteiger partial charge in [0.15, 0.2) is 6.10 Å². The zero-order chi connectivity index (χ0) is 28.1. The predicted molar refractivity (Wildman–Crippen MR) is 142 cm³/mol. The van der Waals surface area contributed by atoms with Crippen molar-refractivity contribution in [2.75, 3.05) is 7.05 Å². The summed E-state index contributed by atoms with van der Waals surface area (Å²) >= 11 is 0. The van der Waals surface area contributed by atoms with E-state index in [4.69, 9.17) is 0 Å². The van der Waals surface area contributed by atoms with Crippen LogP contribution in [0, 0.1) is 11.6 Å². The summed E-state index contributed by atoms with van der Waals surface area (Å²) in [5, 5.41) is 15.3. The first-order valence-corrected chi connectivity index (χ1v) is 12.5. The first kappa shape index (κ1) is 27.7. The fourth-order valence-electron chi connectivity index (χ4n) is 4.55. The second-order valence-electron chi connectivity index (χ2n) is 9.46. The molecule has 7 nitrogen and oxygen atoms in total.